The van der Waals surface area contributed by atoms with E-state index in [1.165, 1.54) is 0 Å². The van der Waals surface area contributed by atoms with Crippen LogP contribution in [0.15, 0.2) is 36.5 Å². The monoisotopic (exact) mass is 231 g/mol. The van der Waals surface area contributed by atoms with Crippen LogP contribution < -0.4 is 10.1 Å². The first kappa shape index (κ1) is 11.7. The van der Waals surface area contributed by atoms with E-state index in [9.17, 15) is 0 Å². The van der Waals surface area contributed by atoms with Gasteiger partial charge in [0, 0.05) is 13.2 Å². The van der Waals surface area contributed by atoms with E-state index < -0.39 is 0 Å². The van der Waals surface area contributed by atoms with Crippen molar-refractivity contribution in [3.8, 4) is 5.75 Å². The van der Waals surface area contributed by atoms with Crippen LogP contribution in [-0.4, -0.2) is 23.9 Å². The molecule has 4 heteroatoms. The molecule has 0 aliphatic rings. The molecule has 1 unspecified atom stereocenters. The van der Waals surface area contributed by atoms with Crippen LogP contribution in [-0.2, 0) is 7.05 Å². The normalized spacial score (nSPS) is 12.4. The van der Waals surface area contributed by atoms with Crippen LogP contribution in [0.1, 0.15) is 17.3 Å². The zero-order chi connectivity index (χ0) is 12.3. The lowest BCUT2D eigenvalue weighted by Crippen LogP contribution is -2.18. The second-order valence-electron chi connectivity index (χ2n) is 3.91. The maximum atomic E-state index is 5.24. The predicted octanol–water partition coefficient (Wildman–Crippen LogP) is 1.74. The topological polar surface area (TPSA) is 39.1 Å². The van der Waals surface area contributed by atoms with Crippen LogP contribution in [0.5, 0.6) is 5.75 Å². The number of hydrogen-bond donors (Lipinski definition) is 1. The second kappa shape index (κ2) is 5.01. The number of ether oxygens (including phenoxy) is 1. The molecule has 2 rings (SSSR count). The van der Waals surface area contributed by atoms with Crippen LogP contribution in [0.3, 0.4) is 0 Å². The van der Waals surface area contributed by atoms with Crippen LogP contribution in [0, 0.1) is 0 Å². The van der Waals surface area contributed by atoms with Crippen LogP contribution in [0.4, 0.5) is 0 Å². The number of rotatable bonds is 4. The summed E-state index contributed by atoms with van der Waals surface area (Å²) in [6.45, 7) is 0. The minimum absolute atomic E-state index is 0.0892. The molecule has 0 radical (unpaired) electrons. The van der Waals surface area contributed by atoms with Crippen molar-refractivity contribution in [3.05, 3.63) is 47.8 Å². The molecule has 0 amide bonds. The fourth-order valence-corrected chi connectivity index (χ4v) is 1.89. The van der Waals surface area contributed by atoms with Gasteiger partial charge < -0.3 is 10.1 Å². The molecule has 17 heavy (non-hydrogen) atoms. The standard InChI is InChI=1S/C13H17N3O/c1-14-13(12-7-8-16(2)15-12)10-5-4-6-11(9-10)17-3/h4-9,13-14H,1-3H3. The van der Waals surface area contributed by atoms with Crippen molar-refractivity contribution in [1.82, 2.24) is 15.1 Å². The molecule has 0 spiro atoms. The van der Waals surface area contributed by atoms with Gasteiger partial charge in [0.1, 0.15) is 5.75 Å². The maximum Gasteiger partial charge on any atom is 0.119 e. The van der Waals surface area contributed by atoms with Gasteiger partial charge in [-0.05, 0) is 30.8 Å². The molecule has 0 saturated heterocycles. The summed E-state index contributed by atoms with van der Waals surface area (Å²) >= 11 is 0. The Labute approximate surface area is 101 Å². The van der Waals surface area contributed by atoms with Gasteiger partial charge in [-0.2, -0.15) is 5.10 Å². The Morgan fingerprint density at radius 2 is 2.18 bits per heavy atom. The third-order valence-electron chi connectivity index (χ3n) is 2.75. The highest BCUT2D eigenvalue weighted by atomic mass is 16.5. The number of aryl methyl sites for hydroxylation is 1. The van der Waals surface area contributed by atoms with Crippen molar-refractivity contribution in [2.45, 2.75) is 6.04 Å². The number of aromatic nitrogens is 2. The number of benzene rings is 1. The molecule has 1 heterocycles. The third kappa shape index (κ3) is 2.47. The van der Waals surface area contributed by atoms with E-state index in [0.29, 0.717) is 0 Å². The molecule has 1 aromatic heterocycles. The molecule has 2 aromatic rings. The first-order valence-corrected chi connectivity index (χ1v) is 5.55. The first-order valence-electron chi connectivity index (χ1n) is 5.55. The fourth-order valence-electron chi connectivity index (χ4n) is 1.89. The maximum absolute atomic E-state index is 5.24. The number of nitrogens with one attached hydrogen (secondary N) is 1. The Bertz CT molecular complexity index is 493. The molecule has 1 atom stereocenters. The highest BCUT2D eigenvalue weighted by molar-refractivity contribution is 5.34. The molecular formula is C13H17N3O. The van der Waals surface area contributed by atoms with E-state index in [4.69, 9.17) is 4.74 Å². The molecule has 90 valence electrons. The van der Waals surface area contributed by atoms with Crippen molar-refractivity contribution in [3.63, 3.8) is 0 Å². The van der Waals surface area contributed by atoms with Gasteiger partial charge in [-0.25, -0.2) is 0 Å². The first-order chi connectivity index (χ1) is 8.24. The summed E-state index contributed by atoms with van der Waals surface area (Å²) in [6, 6.07) is 10.1. The van der Waals surface area contributed by atoms with Crippen LogP contribution in [0.25, 0.3) is 0 Å². The van der Waals surface area contributed by atoms with Crippen molar-refractivity contribution in [2.75, 3.05) is 14.2 Å². The molecule has 0 aliphatic carbocycles. The Kier molecular flexibility index (Phi) is 3.44. The van der Waals surface area contributed by atoms with E-state index >= 15 is 0 Å². The average Bonchev–Trinajstić information content (AvgIpc) is 2.77. The Balaban J connectivity index is 2.34. The largest absolute Gasteiger partial charge is 0.497 e. The lowest BCUT2D eigenvalue weighted by molar-refractivity contribution is 0.413. The summed E-state index contributed by atoms with van der Waals surface area (Å²) in [4.78, 5) is 0. The van der Waals surface area contributed by atoms with Gasteiger partial charge in [-0.3, -0.25) is 4.68 Å². The number of methoxy groups -OCH3 is 1. The summed E-state index contributed by atoms with van der Waals surface area (Å²) in [5, 5.41) is 7.69. The van der Waals surface area contributed by atoms with Gasteiger partial charge in [-0.15, -0.1) is 0 Å². The lowest BCUT2D eigenvalue weighted by Gasteiger charge is -2.15. The van der Waals surface area contributed by atoms with E-state index in [2.05, 4.69) is 16.5 Å². The minimum atomic E-state index is 0.0892. The van der Waals surface area contributed by atoms with Gasteiger partial charge in [0.15, 0.2) is 0 Å². The van der Waals surface area contributed by atoms with Gasteiger partial charge in [-0.1, -0.05) is 12.1 Å². The molecule has 0 bridgehead atoms. The van der Waals surface area contributed by atoms with E-state index in [0.717, 1.165) is 17.0 Å². The van der Waals surface area contributed by atoms with Crippen molar-refractivity contribution >= 4 is 0 Å². The van der Waals surface area contributed by atoms with E-state index in [-0.39, 0.29) is 6.04 Å². The quantitative estimate of drug-likeness (QED) is 0.871. The molecule has 1 aromatic carbocycles. The van der Waals surface area contributed by atoms with Crippen molar-refractivity contribution in [2.24, 2.45) is 7.05 Å². The SMILES string of the molecule is CNC(c1cccc(OC)c1)c1ccn(C)n1. The Hall–Kier alpha value is -1.81. The lowest BCUT2D eigenvalue weighted by atomic mass is 10.0. The van der Waals surface area contributed by atoms with Gasteiger partial charge >= 0.3 is 0 Å². The average molecular weight is 231 g/mol. The van der Waals surface area contributed by atoms with Gasteiger partial charge in [0.05, 0.1) is 18.8 Å². The van der Waals surface area contributed by atoms with E-state index in [1.54, 1.807) is 11.8 Å². The zero-order valence-electron chi connectivity index (χ0n) is 10.3. The van der Waals surface area contributed by atoms with Crippen molar-refractivity contribution in [1.29, 1.82) is 0 Å². The summed E-state index contributed by atoms with van der Waals surface area (Å²) < 4.78 is 7.04. The summed E-state index contributed by atoms with van der Waals surface area (Å²) in [6.07, 6.45) is 1.94. The minimum Gasteiger partial charge on any atom is -0.497 e. The van der Waals surface area contributed by atoms with Gasteiger partial charge in [0.2, 0.25) is 0 Å². The van der Waals surface area contributed by atoms with Crippen LogP contribution >= 0.6 is 0 Å². The summed E-state index contributed by atoms with van der Waals surface area (Å²) in [7, 11) is 5.52. The fraction of sp³-hybridized carbons (Fsp3) is 0.308. The summed E-state index contributed by atoms with van der Waals surface area (Å²) in [5.41, 5.74) is 2.15. The Morgan fingerprint density at radius 1 is 1.35 bits per heavy atom. The van der Waals surface area contributed by atoms with Crippen LogP contribution in [0.2, 0.25) is 0 Å². The molecule has 0 aliphatic heterocycles. The number of hydrogen-bond acceptors (Lipinski definition) is 3. The van der Waals surface area contributed by atoms with E-state index in [1.807, 2.05) is 44.6 Å². The zero-order valence-corrected chi connectivity index (χ0v) is 10.3. The summed E-state index contributed by atoms with van der Waals surface area (Å²) in [5.74, 6) is 0.860. The van der Waals surface area contributed by atoms with Gasteiger partial charge in [0.25, 0.3) is 0 Å². The smallest absolute Gasteiger partial charge is 0.119 e. The molecule has 4 nitrogen and oxygen atoms in total. The molecule has 0 fully saturated rings. The second-order valence-corrected chi connectivity index (χ2v) is 3.91. The molecule has 0 saturated carbocycles. The Morgan fingerprint density at radius 3 is 2.76 bits per heavy atom. The predicted molar refractivity (Wildman–Crippen MR) is 67.1 cm³/mol. The highest BCUT2D eigenvalue weighted by Gasteiger charge is 2.14. The molecular weight excluding hydrogens is 214 g/mol. The third-order valence-corrected chi connectivity index (χ3v) is 2.75. The molecule has 1 N–H and O–H groups in total. The van der Waals surface area contributed by atoms with Crippen molar-refractivity contribution < 1.29 is 4.74 Å². The highest BCUT2D eigenvalue weighted by Crippen LogP contribution is 2.23. The number of nitrogens with zero attached hydrogens (tertiary/aromatic N) is 2.